The maximum absolute atomic E-state index is 2.21. The first-order chi connectivity index (χ1) is 4.97. The van der Waals surface area contributed by atoms with Crippen LogP contribution in [0.2, 0.25) is 0 Å². The molecule has 66 valence electrons. The van der Waals surface area contributed by atoms with Gasteiger partial charge in [0.05, 0.1) is 0 Å². The third kappa shape index (κ3) is 2.26. The van der Waals surface area contributed by atoms with E-state index in [4.69, 9.17) is 0 Å². The molecule has 2 rings (SSSR count). The van der Waals surface area contributed by atoms with Gasteiger partial charge in [-0.25, -0.2) is 0 Å². The summed E-state index contributed by atoms with van der Waals surface area (Å²) >= 11 is 0. The Hall–Kier alpha value is -0.460. The van der Waals surface area contributed by atoms with Gasteiger partial charge in [0.25, 0.3) is 0 Å². The lowest BCUT2D eigenvalue weighted by molar-refractivity contribution is 1.18. The average molecular weight is 203 g/mol. The van der Waals surface area contributed by atoms with Gasteiger partial charge in [0.15, 0.2) is 0 Å². The maximum atomic E-state index is 2.21. The van der Waals surface area contributed by atoms with Crippen molar-refractivity contribution in [3.05, 3.63) is 47.6 Å². The van der Waals surface area contributed by atoms with Crippen molar-refractivity contribution in [2.45, 2.75) is 12.8 Å². The highest BCUT2D eigenvalue weighted by atomic mass is 35.5. The van der Waals surface area contributed by atoms with Crippen LogP contribution in [-0.2, 0) is 0 Å². The van der Waals surface area contributed by atoms with Crippen LogP contribution in [-0.4, -0.2) is 0 Å². The minimum Gasteiger partial charge on any atom is -0.147 e. The molecule has 0 fully saturated rings. The minimum absolute atomic E-state index is 0. The van der Waals surface area contributed by atoms with Crippen LogP contribution in [0.3, 0.4) is 0 Å². The molecule has 0 atom stereocenters. The van der Waals surface area contributed by atoms with Gasteiger partial charge in [-0.1, -0.05) is 36.5 Å². The fourth-order valence-electron chi connectivity index (χ4n) is 1.37. The van der Waals surface area contributed by atoms with Gasteiger partial charge in [-0.05, 0) is 24.0 Å². The van der Waals surface area contributed by atoms with Gasteiger partial charge >= 0.3 is 0 Å². The van der Waals surface area contributed by atoms with Crippen LogP contribution in [0.1, 0.15) is 12.8 Å². The highest BCUT2D eigenvalue weighted by Crippen LogP contribution is 2.25. The molecule has 0 amide bonds. The van der Waals surface area contributed by atoms with E-state index in [-0.39, 0.29) is 24.8 Å². The summed E-state index contributed by atoms with van der Waals surface area (Å²) in [6, 6.07) is 0. The summed E-state index contributed by atoms with van der Waals surface area (Å²) in [4.78, 5) is 0. The minimum atomic E-state index is 0. The van der Waals surface area contributed by atoms with E-state index < -0.39 is 0 Å². The molecule has 0 unspecified atom stereocenters. The Morgan fingerprint density at radius 2 is 1.17 bits per heavy atom. The van der Waals surface area contributed by atoms with E-state index in [0.717, 1.165) is 12.8 Å². The van der Waals surface area contributed by atoms with Crippen molar-refractivity contribution in [1.29, 1.82) is 0 Å². The first-order valence-electron chi connectivity index (χ1n) is 3.68. The zero-order valence-corrected chi connectivity index (χ0v) is 8.33. The lowest BCUT2D eigenvalue weighted by Crippen LogP contribution is -1.80. The van der Waals surface area contributed by atoms with Gasteiger partial charge in [-0.3, -0.25) is 0 Å². The number of hydrogen-bond donors (Lipinski definition) is 0. The normalized spacial score (nSPS) is 18.0. The second-order valence-corrected chi connectivity index (χ2v) is 2.65. The first-order valence-corrected chi connectivity index (χ1v) is 3.68. The standard InChI is InChI=1S/C10H10.2ClH/c1-2-6-9(5-1)10-7-3-4-8-10;;/h1-5,7H,6,8H2;2*1H. The molecular formula is C10H12Cl2. The second-order valence-electron chi connectivity index (χ2n) is 2.65. The predicted octanol–water partition coefficient (Wildman–Crippen LogP) is 3.60. The number of allylic oxidation sites excluding steroid dienone is 8. The molecule has 0 spiro atoms. The molecule has 2 aliphatic rings. The molecule has 2 aliphatic carbocycles. The molecule has 0 radical (unpaired) electrons. The van der Waals surface area contributed by atoms with Crippen molar-refractivity contribution >= 4 is 24.8 Å². The summed E-state index contributed by atoms with van der Waals surface area (Å²) in [5.41, 5.74) is 2.98. The lowest BCUT2D eigenvalue weighted by atomic mass is 10.1. The van der Waals surface area contributed by atoms with Crippen LogP contribution in [0, 0.1) is 0 Å². The van der Waals surface area contributed by atoms with Gasteiger partial charge in [-0.15, -0.1) is 24.8 Å². The predicted molar refractivity (Wildman–Crippen MR) is 58.2 cm³/mol. The summed E-state index contributed by atoms with van der Waals surface area (Å²) in [6.07, 6.45) is 15.4. The molecule has 0 saturated heterocycles. The molecule has 12 heavy (non-hydrogen) atoms. The van der Waals surface area contributed by atoms with Crippen molar-refractivity contribution in [1.82, 2.24) is 0 Å². The monoisotopic (exact) mass is 202 g/mol. The molecule has 0 saturated carbocycles. The Morgan fingerprint density at radius 3 is 1.42 bits per heavy atom. The summed E-state index contributed by atoms with van der Waals surface area (Å²) in [5, 5.41) is 0. The van der Waals surface area contributed by atoms with Gasteiger partial charge < -0.3 is 0 Å². The van der Waals surface area contributed by atoms with Gasteiger partial charge in [0, 0.05) is 0 Å². The summed E-state index contributed by atoms with van der Waals surface area (Å²) in [5.74, 6) is 0. The van der Waals surface area contributed by atoms with E-state index in [1.807, 2.05) is 0 Å². The van der Waals surface area contributed by atoms with Crippen LogP contribution in [0.15, 0.2) is 47.6 Å². The third-order valence-electron chi connectivity index (χ3n) is 1.95. The van der Waals surface area contributed by atoms with Crippen LogP contribution in [0.25, 0.3) is 0 Å². The Morgan fingerprint density at radius 1 is 0.750 bits per heavy atom. The van der Waals surface area contributed by atoms with E-state index >= 15 is 0 Å². The molecular weight excluding hydrogens is 191 g/mol. The van der Waals surface area contributed by atoms with Crippen molar-refractivity contribution in [3.63, 3.8) is 0 Å². The van der Waals surface area contributed by atoms with E-state index in [1.165, 1.54) is 11.1 Å². The third-order valence-corrected chi connectivity index (χ3v) is 1.95. The van der Waals surface area contributed by atoms with E-state index in [2.05, 4.69) is 36.5 Å². The average Bonchev–Trinajstić information content (AvgIpc) is 2.59. The van der Waals surface area contributed by atoms with Crippen LogP contribution in [0.5, 0.6) is 0 Å². The Labute approximate surface area is 85.6 Å². The van der Waals surface area contributed by atoms with Gasteiger partial charge in [-0.2, -0.15) is 0 Å². The molecule has 0 aliphatic heterocycles. The van der Waals surface area contributed by atoms with Crippen LogP contribution in [0.4, 0.5) is 0 Å². The first kappa shape index (κ1) is 11.5. The molecule has 0 aromatic heterocycles. The largest absolute Gasteiger partial charge is 0.147 e. The fourth-order valence-corrected chi connectivity index (χ4v) is 1.37. The highest BCUT2D eigenvalue weighted by molar-refractivity contribution is 5.85. The highest BCUT2D eigenvalue weighted by Gasteiger charge is 2.05. The Balaban J connectivity index is 0.000000605. The number of hydrogen-bond acceptors (Lipinski definition) is 0. The summed E-state index contributed by atoms with van der Waals surface area (Å²) in [6.45, 7) is 0. The van der Waals surface area contributed by atoms with Crippen molar-refractivity contribution in [2.24, 2.45) is 0 Å². The van der Waals surface area contributed by atoms with Crippen molar-refractivity contribution in [3.8, 4) is 0 Å². The van der Waals surface area contributed by atoms with Crippen molar-refractivity contribution < 1.29 is 0 Å². The smallest absolute Gasteiger partial charge is 0.00915 e. The lowest BCUT2D eigenvalue weighted by Gasteiger charge is -1.99. The van der Waals surface area contributed by atoms with Crippen molar-refractivity contribution in [2.75, 3.05) is 0 Å². The van der Waals surface area contributed by atoms with E-state index in [0.29, 0.717) is 0 Å². The molecule has 0 bridgehead atoms. The zero-order chi connectivity index (χ0) is 6.81. The van der Waals surface area contributed by atoms with E-state index in [1.54, 1.807) is 0 Å². The summed E-state index contributed by atoms with van der Waals surface area (Å²) in [7, 11) is 0. The molecule has 0 nitrogen and oxygen atoms in total. The maximum Gasteiger partial charge on any atom is -0.00915 e. The number of halogens is 2. The van der Waals surface area contributed by atoms with E-state index in [9.17, 15) is 0 Å². The topological polar surface area (TPSA) is 0 Å². The Bertz CT molecular complexity index is 229. The summed E-state index contributed by atoms with van der Waals surface area (Å²) < 4.78 is 0. The Kier molecular flexibility index (Phi) is 5.03. The van der Waals surface area contributed by atoms with Gasteiger partial charge in [0.1, 0.15) is 0 Å². The molecule has 0 N–H and O–H groups in total. The number of rotatable bonds is 1. The van der Waals surface area contributed by atoms with Gasteiger partial charge in [0.2, 0.25) is 0 Å². The SMILES string of the molecule is C1=CCC(C2=CC=CC2)=C1.Cl.Cl. The quantitative estimate of drug-likeness (QED) is 0.610. The van der Waals surface area contributed by atoms with Crippen LogP contribution < -0.4 is 0 Å². The van der Waals surface area contributed by atoms with Crippen LogP contribution >= 0.6 is 24.8 Å². The molecule has 0 aromatic carbocycles. The molecule has 0 aromatic rings. The fraction of sp³-hybridized carbons (Fsp3) is 0.200. The second kappa shape index (κ2) is 5.23. The zero-order valence-electron chi connectivity index (χ0n) is 6.69. The molecule has 2 heteroatoms. The molecule has 0 heterocycles.